The summed E-state index contributed by atoms with van der Waals surface area (Å²) in [5, 5.41) is 0. The molecular weight excluding hydrogens is 162 g/mol. The van der Waals surface area contributed by atoms with Crippen LogP contribution in [-0.2, 0) is 0 Å². The van der Waals surface area contributed by atoms with E-state index in [2.05, 4.69) is 18.0 Å². The van der Waals surface area contributed by atoms with Crippen LogP contribution in [-0.4, -0.2) is 4.98 Å². The maximum Gasteiger partial charge on any atom is 0.189 e. The molecule has 1 aliphatic rings. The number of hydrogen-bond acceptors (Lipinski definition) is 1. The third-order valence-corrected chi connectivity index (χ3v) is 2.16. The molecular formula is C11H11NO. The molecule has 2 rings (SSSR count). The number of allylic oxidation sites excluding steroid dienone is 2. The van der Waals surface area contributed by atoms with E-state index >= 15 is 0 Å². The molecule has 66 valence electrons. The highest BCUT2D eigenvalue weighted by atomic mass is 16.1. The second kappa shape index (κ2) is 3.05. The Bertz CT molecular complexity index is 426. The fourth-order valence-electron chi connectivity index (χ4n) is 1.38. The van der Waals surface area contributed by atoms with Crippen molar-refractivity contribution in [2.45, 2.75) is 6.92 Å². The fraction of sp³-hybridized carbons (Fsp3) is 0.182. The summed E-state index contributed by atoms with van der Waals surface area (Å²) in [4.78, 5) is 14.5. The molecule has 0 radical (unpaired) electrons. The first-order chi connectivity index (χ1) is 6.27. The van der Waals surface area contributed by atoms with Crippen molar-refractivity contribution in [3.8, 4) is 0 Å². The molecule has 2 heteroatoms. The van der Waals surface area contributed by atoms with E-state index in [1.807, 2.05) is 18.2 Å². The maximum absolute atomic E-state index is 11.4. The Morgan fingerprint density at radius 3 is 2.92 bits per heavy atom. The SMILES string of the molecule is CC1C=Cc2[nH]ccc(=O)c2C=C1. The van der Waals surface area contributed by atoms with Crippen LogP contribution in [0.25, 0.3) is 12.2 Å². The number of rotatable bonds is 0. The number of hydrogen-bond donors (Lipinski definition) is 1. The van der Waals surface area contributed by atoms with Gasteiger partial charge in [-0.1, -0.05) is 25.2 Å². The van der Waals surface area contributed by atoms with E-state index in [-0.39, 0.29) is 5.43 Å². The molecule has 1 aliphatic carbocycles. The van der Waals surface area contributed by atoms with E-state index in [0.717, 1.165) is 11.3 Å². The Morgan fingerprint density at radius 1 is 1.31 bits per heavy atom. The smallest absolute Gasteiger partial charge is 0.189 e. The van der Waals surface area contributed by atoms with Gasteiger partial charge in [-0.05, 0) is 12.0 Å². The highest BCUT2D eigenvalue weighted by molar-refractivity contribution is 5.64. The van der Waals surface area contributed by atoms with Crippen molar-refractivity contribution >= 4 is 12.2 Å². The van der Waals surface area contributed by atoms with Gasteiger partial charge in [0.2, 0.25) is 0 Å². The Kier molecular flexibility index (Phi) is 1.89. The average molecular weight is 173 g/mol. The van der Waals surface area contributed by atoms with Gasteiger partial charge < -0.3 is 4.98 Å². The van der Waals surface area contributed by atoms with Gasteiger partial charge in [-0.15, -0.1) is 0 Å². The van der Waals surface area contributed by atoms with Crippen molar-refractivity contribution in [3.05, 3.63) is 45.9 Å². The van der Waals surface area contributed by atoms with Crippen LogP contribution in [0.2, 0.25) is 0 Å². The molecule has 1 aromatic rings. The normalized spacial score (nSPS) is 19.6. The van der Waals surface area contributed by atoms with Gasteiger partial charge in [0.15, 0.2) is 5.43 Å². The number of aromatic amines is 1. The summed E-state index contributed by atoms with van der Waals surface area (Å²) < 4.78 is 0. The molecule has 1 N–H and O–H groups in total. The molecule has 13 heavy (non-hydrogen) atoms. The first-order valence-electron chi connectivity index (χ1n) is 4.35. The van der Waals surface area contributed by atoms with Crippen LogP contribution in [0, 0.1) is 5.92 Å². The summed E-state index contributed by atoms with van der Waals surface area (Å²) in [7, 11) is 0. The van der Waals surface area contributed by atoms with Crippen LogP contribution in [0.5, 0.6) is 0 Å². The third kappa shape index (κ3) is 1.47. The second-order valence-electron chi connectivity index (χ2n) is 3.25. The van der Waals surface area contributed by atoms with Crippen LogP contribution >= 0.6 is 0 Å². The second-order valence-corrected chi connectivity index (χ2v) is 3.25. The van der Waals surface area contributed by atoms with Crippen LogP contribution in [0.3, 0.4) is 0 Å². The van der Waals surface area contributed by atoms with Gasteiger partial charge in [0.05, 0.1) is 0 Å². The summed E-state index contributed by atoms with van der Waals surface area (Å²) in [6.45, 7) is 2.09. The number of pyridine rings is 1. The molecule has 0 amide bonds. The average Bonchev–Trinajstić information content (AvgIpc) is 2.30. The Morgan fingerprint density at radius 2 is 2.08 bits per heavy atom. The van der Waals surface area contributed by atoms with Crippen LogP contribution in [0.15, 0.2) is 29.2 Å². The maximum atomic E-state index is 11.4. The van der Waals surface area contributed by atoms with Crippen molar-refractivity contribution in [3.63, 3.8) is 0 Å². The topological polar surface area (TPSA) is 32.9 Å². The predicted molar refractivity (Wildman–Crippen MR) is 54.3 cm³/mol. The van der Waals surface area contributed by atoms with Crippen molar-refractivity contribution < 1.29 is 0 Å². The molecule has 0 fully saturated rings. The van der Waals surface area contributed by atoms with E-state index < -0.39 is 0 Å². The highest BCUT2D eigenvalue weighted by Gasteiger charge is 2.04. The summed E-state index contributed by atoms with van der Waals surface area (Å²) in [5.74, 6) is 0.389. The van der Waals surface area contributed by atoms with Gasteiger partial charge in [0, 0.05) is 23.5 Å². The molecule has 0 saturated carbocycles. The minimum absolute atomic E-state index is 0.0729. The van der Waals surface area contributed by atoms with E-state index in [1.54, 1.807) is 12.3 Å². The Hall–Kier alpha value is -1.57. The zero-order valence-electron chi connectivity index (χ0n) is 7.45. The lowest BCUT2D eigenvalue weighted by atomic mass is 10.1. The zero-order chi connectivity index (χ0) is 9.26. The van der Waals surface area contributed by atoms with Crippen molar-refractivity contribution in [2.75, 3.05) is 0 Å². The third-order valence-electron chi connectivity index (χ3n) is 2.16. The summed E-state index contributed by atoms with van der Waals surface area (Å²) in [6, 6.07) is 1.55. The van der Waals surface area contributed by atoms with Crippen molar-refractivity contribution in [2.24, 2.45) is 5.92 Å². The quantitative estimate of drug-likeness (QED) is 0.640. The molecule has 1 unspecified atom stereocenters. The van der Waals surface area contributed by atoms with Gasteiger partial charge in [-0.2, -0.15) is 0 Å². The van der Waals surface area contributed by atoms with Crippen LogP contribution in [0.1, 0.15) is 18.2 Å². The Labute approximate surface area is 76.6 Å². The first kappa shape index (κ1) is 8.05. The summed E-state index contributed by atoms with van der Waals surface area (Å²) in [6.07, 6.45) is 9.62. The van der Waals surface area contributed by atoms with E-state index in [1.165, 1.54) is 0 Å². The molecule has 1 atom stereocenters. The Balaban J connectivity index is 2.66. The van der Waals surface area contributed by atoms with E-state index in [4.69, 9.17) is 0 Å². The lowest BCUT2D eigenvalue weighted by molar-refractivity contribution is 0.953. The number of aromatic nitrogens is 1. The lowest BCUT2D eigenvalue weighted by Crippen LogP contribution is -2.05. The minimum Gasteiger partial charge on any atom is -0.361 e. The summed E-state index contributed by atoms with van der Waals surface area (Å²) >= 11 is 0. The number of H-pyrrole nitrogens is 1. The molecule has 1 aromatic heterocycles. The van der Waals surface area contributed by atoms with Gasteiger partial charge in [0.25, 0.3) is 0 Å². The van der Waals surface area contributed by atoms with Crippen molar-refractivity contribution in [1.82, 2.24) is 4.98 Å². The lowest BCUT2D eigenvalue weighted by Gasteiger charge is -1.96. The van der Waals surface area contributed by atoms with Gasteiger partial charge >= 0.3 is 0 Å². The molecule has 0 aromatic carbocycles. The highest BCUT2D eigenvalue weighted by Crippen LogP contribution is 2.14. The van der Waals surface area contributed by atoms with Crippen LogP contribution in [0.4, 0.5) is 0 Å². The molecule has 2 nitrogen and oxygen atoms in total. The monoisotopic (exact) mass is 173 g/mol. The van der Waals surface area contributed by atoms with Gasteiger partial charge in [-0.25, -0.2) is 0 Å². The van der Waals surface area contributed by atoms with Gasteiger partial charge in [-0.3, -0.25) is 4.79 Å². The number of nitrogens with one attached hydrogen (secondary N) is 1. The number of fused-ring (bicyclic) bond motifs is 1. The molecule has 0 bridgehead atoms. The van der Waals surface area contributed by atoms with Crippen molar-refractivity contribution in [1.29, 1.82) is 0 Å². The zero-order valence-corrected chi connectivity index (χ0v) is 7.45. The largest absolute Gasteiger partial charge is 0.361 e. The molecule has 0 aliphatic heterocycles. The van der Waals surface area contributed by atoms with Gasteiger partial charge in [0.1, 0.15) is 0 Å². The summed E-state index contributed by atoms with van der Waals surface area (Å²) in [5.41, 5.74) is 1.72. The molecule has 1 heterocycles. The van der Waals surface area contributed by atoms with E-state index in [0.29, 0.717) is 5.92 Å². The predicted octanol–water partition coefficient (Wildman–Crippen LogP) is 2.05. The fourth-order valence-corrected chi connectivity index (χ4v) is 1.38. The van der Waals surface area contributed by atoms with Crippen LogP contribution < -0.4 is 5.43 Å². The van der Waals surface area contributed by atoms with E-state index in [9.17, 15) is 4.79 Å². The standard InChI is InChI=1S/C11H11NO/c1-8-2-4-9-10(5-3-8)12-7-6-11(9)13/h2-8H,1H3,(H,12,13). The molecule has 0 spiro atoms. The molecule has 0 saturated heterocycles. The minimum atomic E-state index is 0.0729. The first-order valence-corrected chi connectivity index (χ1v) is 4.35.